The Labute approximate surface area is 189 Å². The molecule has 0 saturated heterocycles. The first-order valence-corrected chi connectivity index (χ1v) is 10.2. The highest BCUT2D eigenvalue weighted by molar-refractivity contribution is 6.04. The van der Waals surface area contributed by atoms with Gasteiger partial charge in [0.15, 0.2) is 11.5 Å². The van der Waals surface area contributed by atoms with E-state index in [4.69, 9.17) is 10.5 Å². The van der Waals surface area contributed by atoms with Gasteiger partial charge in [0, 0.05) is 20.6 Å². The SMILES string of the molecule is CCOc1cc(C(CN2C(=O)c3[c]cccc3C2C(N)=O)C(=O)N(C)C)ccc1OC(F)F. The number of carbonyl (C=O) groups is 3. The number of hydrogen-bond acceptors (Lipinski definition) is 5. The number of carbonyl (C=O) groups excluding carboxylic acids is 3. The third-order valence-corrected chi connectivity index (χ3v) is 5.24. The number of hydrogen-bond donors (Lipinski definition) is 1. The van der Waals surface area contributed by atoms with Crippen LogP contribution in [0.5, 0.6) is 11.5 Å². The zero-order valence-electron chi connectivity index (χ0n) is 18.4. The van der Waals surface area contributed by atoms with Crippen molar-refractivity contribution in [3.63, 3.8) is 0 Å². The van der Waals surface area contributed by atoms with E-state index in [1.54, 1.807) is 39.2 Å². The van der Waals surface area contributed by atoms with Crippen molar-refractivity contribution < 1.29 is 32.6 Å². The van der Waals surface area contributed by atoms with Gasteiger partial charge in [-0.3, -0.25) is 14.4 Å². The highest BCUT2D eigenvalue weighted by atomic mass is 19.3. The first kappa shape index (κ1) is 24.0. The molecule has 8 nitrogen and oxygen atoms in total. The van der Waals surface area contributed by atoms with Crippen molar-refractivity contribution in [2.75, 3.05) is 27.2 Å². The molecule has 0 saturated carbocycles. The number of primary amides is 1. The molecule has 3 rings (SSSR count). The van der Waals surface area contributed by atoms with Crippen molar-refractivity contribution in [1.29, 1.82) is 0 Å². The van der Waals surface area contributed by atoms with Crippen molar-refractivity contribution in [2.24, 2.45) is 5.73 Å². The van der Waals surface area contributed by atoms with Crippen LogP contribution in [0, 0.1) is 6.07 Å². The number of nitrogens with zero attached hydrogens (tertiary/aromatic N) is 2. The van der Waals surface area contributed by atoms with Crippen molar-refractivity contribution in [2.45, 2.75) is 25.5 Å². The minimum absolute atomic E-state index is 0.0303. The van der Waals surface area contributed by atoms with E-state index in [2.05, 4.69) is 10.8 Å². The van der Waals surface area contributed by atoms with Gasteiger partial charge < -0.3 is 25.0 Å². The van der Waals surface area contributed by atoms with Crippen LogP contribution in [0.15, 0.2) is 36.4 Å². The Morgan fingerprint density at radius 2 is 1.97 bits per heavy atom. The Hall–Kier alpha value is -3.69. The number of ether oxygens (including phenoxy) is 2. The molecule has 1 aliphatic heterocycles. The molecule has 2 atom stereocenters. The minimum atomic E-state index is -3.05. The van der Waals surface area contributed by atoms with E-state index in [9.17, 15) is 23.2 Å². The van der Waals surface area contributed by atoms with Crippen LogP contribution in [-0.4, -0.2) is 61.4 Å². The maximum Gasteiger partial charge on any atom is 0.387 e. The second kappa shape index (κ2) is 9.85. The maximum atomic E-state index is 13.1. The summed E-state index contributed by atoms with van der Waals surface area (Å²) >= 11 is 0. The Balaban J connectivity index is 2.03. The van der Waals surface area contributed by atoms with Gasteiger partial charge >= 0.3 is 6.61 Å². The second-order valence-corrected chi connectivity index (χ2v) is 7.57. The number of amides is 3. The van der Waals surface area contributed by atoms with E-state index in [1.165, 1.54) is 28.0 Å². The summed E-state index contributed by atoms with van der Waals surface area (Å²) in [4.78, 5) is 41.0. The van der Waals surface area contributed by atoms with Crippen molar-refractivity contribution in [1.82, 2.24) is 9.80 Å². The third-order valence-electron chi connectivity index (χ3n) is 5.24. The summed E-state index contributed by atoms with van der Waals surface area (Å²) in [5, 5.41) is 0. The molecule has 10 heteroatoms. The summed E-state index contributed by atoms with van der Waals surface area (Å²) in [6.07, 6.45) is 0. The highest BCUT2D eigenvalue weighted by Crippen LogP contribution is 2.37. The summed E-state index contributed by atoms with van der Waals surface area (Å²) in [7, 11) is 3.10. The molecular formula is C23H24F2N3O5. The Kier molecular flexibility index (Phi) is 7.15. The van der Waals surface area contributed by atoms with Crippen LogP contribution in [0.4, 0.5) is 8.78 Å². The summed E-state index contributed by atoms with van der Waals surface area (Å²) < 4.78 is 35.5. The standard InChI is InChI=1S/C23H24F2N3O5/c1-4-32-18-11-13(9-10-17(18)33-23(24)25)16(21(30)27(2)3)12-28-19(20(26)29)14-7-5-6-8-15(14)22(28)31/h5-7,9-11,16,19,23H,4,12H2,1-3H3,(H2,26,29). The molecule has 2 aromatic carbocycles. The highest BCUT2D eigenvalue weighted by Gasteiger charge is 2.42. The lowest BCUT2D eigenvalue weighted by atomic mass is 9.95. The van der Waals surface area contributed by atoms with E-state index in [0.29, 0.717) is 11.1 Å². The van der Waals surface area contributed by atoms with E-state index in [1.807, 2.05) is 0 Å². The molecule has 2 unspecified atom stereocenters. The Bertz CT molecular complexity index is 1060. The largest absolute Gasteiger partial charge is 0.490 e. The number of halogens is 2. The normalized spacial score (nSPS) is 15.9. The number of rotatable bonds is 9. The van der Waals surface area contributed by atoms with Gasteiger partial charge in [0.2, 0.25) is 11.8 Å². The average Bonchev–Trinajstić information content (AvgIpc) is 3.04. The molecule has 175 valence electrons. The molecule has 2 aromatic rings. The third kappa shape index (κ3) is 4.89. The van der Waals surface area contributed by atoms with Gasteiger partial charge in [0.1, 0.15) is 6.04 Å². The molecule has 3 amide bonds. The van der Waals surface area contributed by atoms with Gasteiger partial charge in [-0.05, 0) is 36.2 Å². The zero-order chi connectivity index (χ0) is 24.3. The monoisotopic (exact) mass is 460 g/mol. The first-order valence-electron chi connectivity index (χ1n) is 10.2. The van der Waals surface area contributed by atoms with Crippen LogP contribution in [0.1, 0.15) is 40.4 Å². The molecule has 0 bridgehead atoms. The smallest absolute Gasteiger partial charge is 0.387 e. The lowest BCUT2D eigenvalue weighted by molar-refractivity contribution is -0.131. The molecule has 2 N–H and O–H groups in total. The van der Waals surface area contributed by atoms with Gasteiger partial charge in [-0.15, -0.1) is 0 Å². The van der Waals surface area contributed by atoms with Gasteiger partial charge in [0.05, 0.1) is 18.1 Å². The molecule has 1 heterocycles. The Morgan fingerprint density at radius 3 is 2.58 bits per heavy atom. The zero-order valence-corrected chi connectivity index (χ0v) is 18.4. The molecule has 33 heavy (non-hydrogen) atoms. The van der Waals surface area contributed by atoms with Crippen molar-refractivity contribution >= 4 is 17.7 Å². The van der Waals surface area contributed by atoms with Crippen LogP contribution in [-0.2, 0) is 9.59 Å². The number of alkyl halides is 2. The van der Waals surface area contributed by atoms with E-state index in [-0.39, 0.29) is 36.1 Å². The van der Waals surface area contributed by atoms with Crippen LogP contribution in [0.25, 0.3) is 0 Å². The summed E-state index contributed by atoms with van der Waals surface area (Å²) in [6, 6.07) is 10.7. The lowest BCUT2D eigenvalue weighted by Crippen LogP contribution is -2.42. The second-order valence-electron chi connectivity index (χ2n) is 7.57. The lowest BCUT2D eigenvalue weighted by Gasteiger charge is -2.29. The number of fused-ring (bicyclic) bond motifs is 1. The molecular weight excluding hydrogens is 436 g/mol. The summed E-state index contributed by atoms with van der Waals surface area (Å²) in [6.45, 7) is -1.38. The van der Waals surface area contributed by atoms with Gasteiger partial charge in [0.25, 0.3) is 5.91 Å². The van der Waals surface area contributed by atoms with E-state index in [0.717, 1.165) is 0 Å². The molecule has 1 aliphatic rings. The van der Waals surface area contributed by atoms with Crippen molar-refractivity contribution in [3.05, 3.63) is 59.2 Å². The number of likely N-dealkylation sites (N-methyl/N-ethyl adjacent to an activating group) is 1. The van der Waals surface area contributed by atoms with Gasteiger partial charge in [-0.2, -0.15) is 8.78 Å². The molecule has 0 aromatic heterocycles. The fraction of sp³-hybridized carbons (Fsp3) is 0.348. The van der Waals surface area contributed by atoms with Gasteiger partial charge in [-0.25, -0.2) is 0 Å². The van der Waals surface area contributed by atoms with Crippen LogP contribution in [0.3, 0.4) is 0 Å². The fourth-order valence-corrected chi connectivity index (χ4v) is 3.82. The Morgan fingerprint density at radius 1 is 1.24 bits per heavy atom. The van der Waals surface area contributed by atoms with Crippen LogP contribution < -0.4 is 15.2 Å². The number of nitrogens with two attached hydrogens (primary N) is 1. The predicted octanol–water partition coefficient (Wildman–Crippen LogP) is 2.34. The number of benzene rings is 2. The van der Waals surface area contributed by atoms with Crippen molar-refractivity contribution in [3.8, 4) is 11.5 Å². The minimum Gasteiger partial charge on any atom is -0.490 e. The van der Waals surface area contributed by atoms with E-state index < -0.39 is 30.4 Å². The predicted molar refractivity (Wildman–Crippen MR) is 114 cm³/mol. The van der Waals surface area contributed by atoms with Crippen LogP contribution in [0.2, 0.25) is 0 Å². The van der Waals surface area contributed by atoms with E-state index >= 15 is 0 Å². The molecule has 0 fully saturated rings. The fourth-order valence-electron chi connectivity index (χ4n) is 3.82. The molecule has 1 radical (unpaired) electrons. The molecule has 0 spiro atoms. The first-order chi connectivity index (χ1) is 15.6. The average molecular weight is 460 g/mol. The van der Waals surface area contributed by atoms with Crippen LogP contribution >= 0.6 is 0 Å². The molecule has 0 aliphatic carbocycles. The summed E-state index contributed by atoms with van der Waals surface area (Å²) in [5.41, 5.74) is 6.63. The quantitative estimate of drug-likeness (QED) is 0.619. The summed E-state index contributed by atoms with van der Waals surface area (Å²) in [5.74, 6) is -2.67. The van der Waals surface area contributed by atoms with Gasteiger partial charge in [-0.1, -0.05) is 24.3 Å². The maximum absolute atomic E-state index is 13.1. The topological polar surface area (TPSA) is 102 Å².